The van der Waals surface area contributed by atoms with Gasteiger partial charge in [-0.1, -0.05) is 17.7 Å². The topological polar surface area (TPSA) is 52.9 Å². The van der Waals surface area contributed by atoms with Gasteiger partial charge in [0.15, 0.2) is 0 Å². The van der Waals surface area contributed by atoms with Crippen LogP contribution >= 0.6 is 11.6 Å². The highest BCUT2D eigenvalue weighted by Crippen LogP contribution is 2.31. The summed E-state index contributed by atoms with van der Waals surface area (Å²) in [6, 6.07) is 5.72. The Hall–Kier alpha value is -0.810. The quantitative estimate of drug-likeness (QED) is 0.876. The molecule has 1 aromatic rings. The SMILES string of the molecule is CC(O)c1ccc(N2CCC(OCCO)CC2)c(Cl)c1. The molecule has 1 atom stereocenters. The van der Waals surface area contributed by atoms with E-state index in [1.54, 1.807) is 6.92 Å². The highest BCUT2D eigenvalue weighted by molar-refractivity contribution is 6.33. The van der Waals surface area contributed by atoms with Crippen molar-refractivity contribution >= 4 is 17.3 Å². The van der Waals surface area contributed by atoms with Gasteiger partial charge in [0.05, 0.1) is 36.1 Å². The molecule has 0 bridgehead atoms. The standard InChI is InChI=1S/C15H22ClNO3/c1-11(19)12-2-3-15(14(16)10-12)17-6-4-13(5-7-17)20-9-8-18/h2-3,10-11,13,18-19H,4-9H2,1H3. The number of hydrogen-bond acceptors (Lipinski definition) is 4. The van der Waals surface area contributed by atoms with E-state index >= 15 is 0 Å². The highest BCUT2D eigenvalue weighted by atomic mass is 35.5. The van der Waals surface area contributed by atoms with Crippen LogP contribution in [0, 0.1) is 0 Å². The molecule has 2 N–H and O–H groups in total. The molecule has 0 radical (unpaired) electrons. The van der Waals surface area contributed by atoms with Crippen LogP contribution in [0.25, 0.3) is 0 Å². The molecule has 2 rings (SSSR count). The molecule has 4 nitrogen and oxygen atoms in total. The molecule has 1 aliphatic rings. The smallest absolute Gasteiger partial charge is 0.0762 e. The van der Waals surface area contributed by atoms with Crippen LogP contribution in [-0.4, -0.2) is 42.6 Å². The van der Waals surface area contributed by atoms with Crippen molar-refractivity contribution in [3.63, 3.8) is 0 Å². The van der Waals surface area contributed by atoms with Crippen molar-refractivity contribution in [1.29, 1.82) is 0 Å². The number of anilines is 1. The highest BCUT2D eigenvalue weighted by Gasteiger charge is 2.21. The number of piperidine rings is 1. The average Bonchev–Trinajstić information content (AvgIpc) is 2.45. The lowest BCUT2D eigenvalue weighted by Crippen LogP contribution is -2.37. The van der Waals surface area contributed by atoms with E-state index in [2.05, 4.69) is 4.90 Å². The van der Waals surface area contributed by atoms with E-state index < -0.39 is 6.10 Å². The van der Waals surface area contributed by atoms with Gasteiger partial charge in [0.2, 0.25) is 0 Å². The van der Waals surface area contributed by atoms with Crippen molar-refractivity contribution in [3.8, 4) is 0 Å². The zero-order valence-electron chi connectivity index (χ0n) is 11.8. The first kappa shape index (κ1) is 15.6. The molecule has 0 saturated carbocycles. The molecule has 0 amide bonds. The maximum Gasteiger partial charge on any atom is 0.0762 e. The third-order valence-corrected chi connectivity index (χ3v) is 3.98. The van der Waals surface area contributed by atoms with Gasteiger partial charge in [0.25, 0.3) is 0 Å². The lowest BCUT2D eigenvalue weighted by Gasteiger charge is -2.34. The number of nitrogens with zero attached hydrogens (tertiary/aromatic N) is 1. The molecule has 5 heteroatoms. The zero-order valence-corrected chi connectivity index (χ0v) is 12.5. The van der Waals surface area contributed by atoms with Crippen LogP contribution in [0.15, 0.2) is 18.2 Å². The summed E-state index contributed by atoms with van der Waals surface area (Å²) in [7, 11) is 0. The lowest BCUT2D eigenvalue weighted by molar-refractivity contribution is 0.0159. The van der Waals surface area contributed by atoms with Crippen molar-refractivity contribution < 1.29 is 14.9 Å². The summed E-state index contributed by atoms with van der Waals surface area (Å²) in [4.78, 5) is 2.24. The number of hydrogen-bond donors (Lipinski definition) is 2. The van der Waals surface area contributed by atoms with Crippen LogP contribution in [-0.2, 0) is 4.74 Å². The van der Waals surface area contributed by atoms with E-state index in [-0.39, 0.29) is 12.7 Å². The van der Waals surface area contributed by atoms with Crippen molar-refractivity contribution in [1.82, 2.24) is 0 Å². The number of ether oxygens (including phenoxy) is 1. The fraction of sp³-hybridized carbons (Fsp3) is 0.600. The van der Waals surface area contributed by atoms with Crippen molar-refractivity contribution in [3.05, 3.63) is 28.8 Å². The van der Waals surface area contributed by atoms with Crippen LogP contribution in [0.3, 0.4) is 0 Å². The normalized spacial score (nSPS) is 18.3. The molecule has 1 aliphatic heterocycles. The Morgan fingerprint density at radius 1 is 1.40 bits per heavy atom. The first-order valence-corrected chi connectivity index (χ1v) is 7.44. The minimum atomic E-state index is -0.501. The zero-order chi connectivity index (χ0) is 14.5. The maximum absolute atomic E-state index is 9.56. The number of benzene rings is 1. The molecule has 1 unspecified atom stereocenters. The molecular formula is C15H22ClNO3. The summed E-state index contributed by atoms with van der Waals surface area (Å²) < 4.78 is 5.55. The number of aliphatic hydroxyl groups excluding tert-OH is 2. The summed E-state index contributed by atoms with van der Waals surface area (Å²) in [6.45, 7) is 4.00. The minimum Gasteiger partial charge on any atom is -0.394 e. The van der Waals surface area contributed by atoms with Gasteiger partial charge in [0, 0.05) is 13.1 Å². The van der Waals surface area contributed by atoms with E-state index in [4.69, 9.17) is 21.4 Å². The number of rotatable bonds is 5. The number of halogens is 1. The summed E-state index contributed by atoms with van der Waals surface area (Å²) in [5.74, 6) is 0. The van der Waals surface area contributed by atoms with E-state index in [0.717, 1.165) is 37.2 Å². The fourth-order valence-electron chi connectivity index (χ4n) is 2.52. The third-order valence-electron chi connectivity index (χ3n) is 3.68. The minimum absolute atomic E-state index is 0.0762. The van der Waals surface area contributed by atoms with Gasteiger partial charge < -0.3 is 19.8 Å². The lowest BCUT2D eigenvalue weighted by atomic mass is 10.1. The molecule has 1 aromatic carbocycles. The van der Waals surface area contributed by atoms with Gasteiger partial charge >= 0.3 is 0 Å². The molecule has 20 heavy (non-hydrogen) atoms. The first-order chi connectivity index (χ1) is 9.61. The van der Waals surface area contributed by atoms with Gasteiger partial charge in [-0.15, -0.1) is 0 Å². The molecular weight excluding hydrogens is 278 g/mol. The molecule has 0 aliphatic carbocycles. The molecule has 1 fully saturated rings. The molecule has 0 aromatic heterocycles. The first-order valence-electron chi connectivity index (χ1n) is 7.06. The van der Waals surface area contributed by atoms with E-state index in [1.165, 1.54) is 0 Å². The predicted octanol–water partition coefficient (Wildman–Crippen LogP) is 2.37. The van der Waals surface area contributed by atoms with Crippen LogP contribution in [0.2, 0.25) is 5.02 Å². The Morgan fingerprint density at radius 3 is 2.65 bits per heavy atom. The second kappa shape index (κ2) is 7.27. The summed E-state index contributed by atoms with van der Waals surface area (Å²) in [6.07, 6.45) is 1.61. The molecule has 112 valence electrons. The van der Waals surface area contributed by atoms with Crippen LogP contribution in [0.4, 0.5) is 5.69 Å². The molecule has 1 saturated heterocycles. The number of aliphatic hydroxyl groups is 2. The summed E-state index contributed by atoms with van der Waals surface area (Å²) >= 11 is 6.31. The second-order valence-corrected chi connectivity index (χ2v) is 5.57. The second-order valence-electron chi connectivity index (χ2n) is 5.17. The monoisotopic (exact) mass is 299 g/mol. The summed E-state index contributed by atoms with van der Waals surface area (Å²) in [5.41, 5.74) is 1.84. The van der Waals surface area contributed by atoms with Crippen LogP contribution in [0.1, 0.15) is 31.4 Å². The van der Waals surface area contributed by atoms with Crippen molar-refractivity contribution in [2.24, 2.45) is 0 Å². The Bertz CT molecular complexity index is 431. The van der Waals surface area contributed by atoms with Crippen LogP contribution in [0.5, 0.6) is 0 Å². The summed E-state index contributed by atoms with van der Waals surface area (Å²) in [5, 5.41) is 19.0. The third kappa shape index (κ3) is 3.85. The van der Waals surface area contributed by atoms with Gasteiger partial charge in [-0.2, -0.15) is 0 Å². The predicted molar refractivity (Wildman–Crippen MR) is 80.4 cm³/mol. The molecule has 0 spiro atoms. The van der Waals surface area contributed by atoms with Gasteiger partial charge in [-0.05, 0) is 37.5 Å². The van der Waals surface area contributed by atoms with Gasteiger partial charge in [-0.3, -0.25) is 0 Å². The molecule has 1 heterocycles. The van der Waals surface area contributed by atoms with Crippen molar-refractivity contribution in [2.75, 3.05) is 31.2 Å². The van der Waals surface area contributed by atoms with Crippen LogP contribution < -0.4 is 4.90 Å². The van der Waals surface area contributed by atoms with Gasteiger partial charge in [-0.25, -0.2) is 0 Å². The Morgan fingerprint density at radius 2 is 2.10 bits per heavy atom. The Kier molecular flexibility index (Phi) is 5.66. The average molecular weight is 300 g/mol. The van der Waals surface area contributed by atoms with Gasteiger partial charge in [0.1, 0.15) is 0 Å². The fourth-order valence-corrected chi connectivity index (χ4v) is 2.83. The Labute approximate surface area is 124 Å². The largest absolute Gasteiger partial charge is 0.394 e. The van der Waals surface area contributed by atoms with E-state index in [0.29, 0.717) is 11.6 Å². The van der Waals surface area contributed by atoms with Crippen molar-refractivity contribution in [2.45, 2.75) is 32.0 Å². The maximum atomic E-state index is 9.56. The Balaban J connectivity index is 1.96. The van der Waals surface area contributed by atoms with E-state index in [1.807, 2.05) is 18.2 Å². The van der Waals surface area contributed by atoms with E-state index in [9.17, 15) is 5.11 Å².